The molecule has 0 radical (unpaired) electrons. The van der Waals surface area contributed by atoms with E-state index in [0.29, 0.717) is 5.69 Å². The molecular weight excluding hydrogens is 344 g/mol. The van der Waals surface area contributed by atoms with Gasteiger partial charge in [-0.1, -0.05) is 0 Å². The smallest absolute Gasteiger partial charge is 0.289 e. The third kappa shape index (κ3) is 4.07. The third-order valence-corrected chi connectivity index (χ3v) is 4.15. The Labute approximate surface area is 157 Å². The number of benzene rings is 2. The number of anilines is 1. The van der Waals surface area contributed by atoms with Gasteiger partial charge in [0.2, 0.25) is 0 Å². The van der Waals surface area contributed by atoms with E-state index in [1.165, 1.54) is 6.07 Å². The van der Waals surface area contributed by atoms with Crippen LogP contribution in [0.15, 0.2) is 40.6 Å². The predicted molar refractivity (Wildman–Crippen MR) is 101 cm³/mol. The number of nitro benzene ring substituents is 1. The number of azo groups is 1. The van der Waals surface area contributed by atoms with E-state index < -0.39 is 10.6 Å². The van der Waals surface area contributed by atoms with Crippen LogP contribution in [-0.2, 0) is 0 Å². The van der Waals surface area contributed by atoms with Gasteiger partial charge < -0.3 is 4.90 Å². The number of nitriles is 2. The van der Waals surface area contributed by atoms with Gasteiger partial charge in [-0.05, 0) is 50.6 Å². The largest absolute Gasteiger partial charge is 0.372 e. The van der Waals surface area contributed by atoms with E-state index in [1.54, 1.807) is 12.1 Å². The predicted octanol–water partition coefficient (Wildman–Crippen LogP) is 4.91. The summed E-state index contributed by atoms with van der Waals surface area (Å²) in [7, 11) is 0. The van der Waals surface area contributed by atoms with Crippen LogP contribution in [0.25, 0.3) is 0 Å². The lowest BCUT2D eigenvalue weighted by atomic mass is 10.1. The van der Waals surface area contributed by atoms with Crippen molar-refractivity contribution < 1.29 is 4.92 Å². The fourth-order valence-corrected chi connectivity index (χ4v) is 2.68. The summed E-state index contributed by atoms with van der Waals surface area (Å²) in [5, 5.41) is 37.8. The highest BCUT2D eigenvalue weighted by Crippen LogP contribution is 2.33. The molecule has 8 heteroatoms. The first kappa shape index (κ1) is 19.5. The second kappa shape index (κ2) is 8.54. The third-order valence-electron chi connectivity index (χ3n) is 4.15. The molecule has 0 unspecified atom stereocenters. The number of nitro groups is 1. The van der Waals surface area contributed by atoms with Gasteiger partial charge in [0, 0.05) is 24.8 Å². The number of aryl methyl sites for hydroxylation is 1. The molecule has 0 amide bonds. The van der Waals surface area contributed by atoms with Crippen LogP contribution in [0.1, 0.15) is 30.5 Å². The molecule has 0 aliphatic carbocycles. The maximum absolute atomic E-state index is 11.1. The number of rotatable bonds is 6. The van der Waals surface area contributed by atoms with Crippen LogP contribution in [0.2, 0.25) is 0 Å². The standard InChI is InChI=1S/C19H18N6O2/c1-4-24(5-2)15-7-8-17(13(3)10-15)22-23-19-14(11-20)6-9-18(25(26)27)16(19)12-21/h6-10H,4-5H2,1-3H3. The van der Waals surface area contributed by atoms with Crippen molar-refractivity contribution in [1.82, 2.24) is 0 Å². The normalized spacial score (nSPS) is 10.4. The van der Waals surface area contributed by atoms with Gasteiger partial charge in [0.05, 0.1) is 16.2 Å². The molecule has 0 saturated heterocycles. The highest BCUT2D eigenvalue weighted by atomic mass is 16.6. The van der Waals surface area contributed by atoms with Gasteiger partial charge in [0.25, 0.3) is 5.69 Å². The van der Waals surface area contributed by atoms with Crippen molar-refractivity contribution in [3.63, 3.8) is 0 Å². The summed E-state index contributed by atoms with van der Waals surface area (Å²) in [5.74, 6) is 0. The van der Waals surface area contributed by atoms with Crippen LogP contribution in [0.3, 0.4) is 0 Å². The van der Waals surface area contributed by atoms with E-state index in [2.05, 4.69) is 29.0 Å². The van der Waals surface area contributed by atoms with Gasteiger partial charge in [0.15, 0.2) is 5.56 Å². The van der Waals surface area contributed by atoms with Crippen molar-refractivity contribution in [2.75, 3.05) is 18.0 Å². The molecule has 136 valence electrons. The van der Waals surface area contributed by atoms with Crippen molar-refractivity contribution >= 4 is 22.7 Å². The molecule has 0 fully saturated rings. The Morgan fingerprint density at radius 3 is 2.33 bits per heavy atom. The van der Waals surface area contributed by atoms with E-state index in [1.807, 2.05) is 25.1 Å². The van der Waals surface area contributed by atoms with E-state index in [-0.39, 0.29) is 16.8 Å². The first-order valence-electron chi connectivity index (χ1n) is 8.35. The SMILES string of the molecule is CCN(CC)c1ccc(N=Nc2c(C#N)ccc([N+](=O)[O-])c2C#N)c(C)c1. The molecule has 2 rings (SSSR count). The average Bonchev–Trinajstić information content (AvgIpc) is 2.67. The lowest BCUT2D eigenvalue weighted by molar-refractivity contribution is -0.385. The number of hydrogen-bond donors (Lipinski definition) is 0. The van der Waals surface area contributed by atoms with E-state index in [9.17, 15) is 20.6 Å². The molecular formula is C19H18N6O2. The Balaban J connectivity index is 2.50. The molecule has 0 aromatic heterocycles. The first-order valence-corrected chi connectivity index (χ1v) is 8.35. The van der Waals surface area contributed by atoms with E-state index in [0.717, 1.165) is 30.4 Å². The van der Waals surface area contributed by atoms with Gasteiger partial charge in [-0.15, -0.1) is 5.11 Å². The molecule has 0 aliphatic heterocycles. The van der Waals surface area contributed by atoms with Crippen molar-refractivity contribution in [1.29, 1.82) is 10.5 Å². The zero-order valence-corrected chi connectivity index (χ0v) is 15.3. The Morgan fingerprint density at radius 2 is 1.81 bits per heavy atom. The van der Waals surface area contributed by atoms with E-state index >= 15 is 0 Å². The van der Waals surface area contributed by atoms with Crippen LogP contribution in [0.4, 0.5) is 22.7 Å². The molecule has 0 saturated carbocycles. The molecule has 0 aliphatic rings. The fourth-order valence-electron chi connectivity index (χ4n) is 2.68. The van der Waals surface area contributed by atoms with Crippen LogP contribution in [0, 0.1) is 39.7 Å². The molecule has 0 spiro atoms. The average molecular weight is 362 g/mol. The zero-order valence-electron chi connectivity index (χ0n) is 15.3. The summed E-state index contributed by atoms with van der Waals surface area (Å²) in [5.41, 5.74) is 1.76. The minimum atomic E-state index is -0.678. The van der Waals surface area contributed by atoms with Crippen LogP contribution < -0.4 is 4.90 Å². The zero-order chi connectivity index (χ0) is 20.0. The lowest BCUT2D eigenvalue weighted by Crippen LogP contribution is -2.21. The lowest BCUT2D eigenvalue weighted by Gasteiger charge is -2.21. The minimum Gasteiger partial charge on any atom is -0.372 e. The van der Waals surface area contributed by atoms with Crippen molar-refractivity contribution in [2.45, 2.75) is 20.8 Å². The van der Waals surface area contributed by atoms with Gasteiger partial charge in [0.1, 0.15) is 17.8 Å². The van der Waals surface area contributed by atoms with Crippen LogP contribution >= 0.6 is 0 Å². The molecule has 2 aromatic carbocycles. The summed E-state index contributed by atoms with van der Waals surface area (Å²) in [6.45, 7) is 7.78. The van der Waals surface area contributed by atoms with Crippen LogP contribution in [-0.4, -0.2) is 18.0 Å². The Kier molecular flexibility index (Phi) is 6.18. The highest BCUT2D eigenvalue weighted by molar-refractivity contribution is 5.70. The van der Waals surface area contributed by atoms with Gasteiger partial charge in [-0.25, -0.2) is 0 Å². The van der Waals surface area contributed by atoms with Crippen molar-refractivity contribution in [3.8, 4) is 12.1 Å². The Bertz CT molecular complexity index is 981. The Hall–Kier alpha value is -3.78. The summed E-state index contributed by atoms with van der Waals surface area (Å²) in [6.07, 6.45) is 0. The topological polar surface area (TPSA) is 119 Å². The number of nitrogens with zero attached hydrogens (tertiary/aromatic N) is 6. The van der Waals surface area contributed by atoms with Crippen molar-refractivity contribution in [3.05, 3.63) is 57.1 Å². The molecule has 8 nitrogen and oxygen atoms in total. The van der Waals surface area contributed by atoms with Gasteiger partial charge in [-0.2, -0.15) is 15.6 Å². The second-order valence-electron chi connectivity index (χ2n) is 5.68. The van der Waals surface area contributed by atoms with Gasteiger partial charge >= 0.3 is 0 Å². The minimum absolute atomic E-state index is 0.0540. The molecule has 0 atom stereocenters. The summed E-state index contributed by atoms with van der Waals surface area (Å²) in [6, 6.07) is 11.7. The first-order chi connectivity index (χ1) is 13.0. The molecule has 0 bridgehead atoms. The van der Waals surface area contributed by atoms with Gasteiger partial charge in [-0.3, -0.25) is 10.1 Å². The molecule has 27 heavy (non-hydrogen) atoms. The monoisotopic (exact) mass is 362 g/mol. The quantitative estimate of drug-likeness (QED) is 0.411. The maximum atomic E-state index is 11.1. The van der Waals surface area contributed by atoms with Crippen molar-refractivity contribution in [2.24, 2.45) is 10.2 Å². The number of hydrogen-bond acceptors (Lipinski definition) is 7. The second-order valence-corrected chi connectivity index (χ2v) is 5.68. The summed E-state index contributed by atoms with van der Waals surface area (Å²) < 4.78 is 0. The fraction of sp³-hybridized carbons (Fsp3) is 0.263. The summed E-state index contributed by atoms with van der Waals surface area (Å²) in [4.78, 5) is 12.6. The van der Waals surface area contributed by atoms with E-state index in [4.69, 9.17) is 0 Å². The Morgan fingerprint density at radius 1 is 1.11 bits per heavy atom. The maximum Gasteiger partial charge on any atom is 0.289 e. The molecule has 0 heterocycles. The highest BCUT2D eigenvalue weighted by Gasteiger charge is 2.21. The summed E-state index contributed by atoms with van der Waals surface area (Å²) >= 11 is 0. The molecule has 2 aromatic rings. The van der Waals surface area contributed by atoms with Crippen LogP contribution in [0.5, 0.6) is 0 Å². The molecule has 0 N–H and O–H groups in total.